The van der Waals surface area contributed by atoms with E-state index in [1.807, 2.05) is 0 Å². The van der Waals surface area contributed by atoms with Gasteiger partial charge in [-0.1, -0.05) is 0 Å². The standard InChI is InChI=1S/C7H19N4/c8-4-2-1-3-7(10)11-6-5-9/h1,7,11H,2-6,8-10H2. The van der Waals surface area contributed by atoms with E-state index < -0.39 is 0 Å². The number of rotatable bonds is 7. The van der Waals surface area contributed by atoms with E-state index in [9.17, 15) is 0 Å². The molecule has 4 nitrogen and oxygen atoms in total. The molecule has 0 aliphatic heterocycles. The van der Waals surface area contributed by atoms with Gasteiger partial charge in [0, 0.05) is 13.1 Å². The first-order valence-corrected chi connectivity index (χ1v) is 4.02. The molecule has 11 heavy (non-hydrogen) atoms. The van der Waals surface area contributed by atoms with E-state index in [4.69, 9.17) is 17.2 Å². The zero-order valence-corrected chi connectivity index (χ0v) is 6.92. The van der Waals surface area contributed by atoms with E-state index in [1.165, 1.54) is 0 Å². The fraction of sp³-hybridized carbons (Fsp3) is 0.857. The quantitative estimate of drug-likeness (QED) is 0.276. The van der Waals surface area contributed by atoms with E-state index in [0.29, 0.717) is 13.1 Å². The van der Waals surface area contributed by atoms with Gasteiger partial charge in [0.05, 0.1) is 6.17 Å². The second kappa shape index (κ2) is 7.94. The minimum atomic E-state index is 0.0325. The van der Waals surface area contributed by atoms with Crippen LogP contribution in [0.1, 0.15) is 12.8 Å². The Morgan fingerprint density at radius 2 is 2.00 bits per heavy atom. The van der Waals surface area contributed by atoms with Gasteiger partial charge in [-0.05, 0) is 25.8 Å². The molecule has 0 saturated carbocycles. The van der Waals surface area contributed by atoms with Gasteiger partial charge in [-0.25, -0.2) is 0 Å². The van der Waals surface area contributed by atoms with Gasteiger partial charge in [0.25, 0.3) is 0 Å². The highest BCUT2D eigenvalue weighted by atomic mass is 15.0. The lowest BCUT2D eigenvalue weighted by atomic mass is 10.2. The molecule has 0 aliphatic rings. The Hall–Kier alpha value is -0.160. The Balaban J connectivity index is 3.02. The molecule has 0 spiro atoms. The molecule has 0 fully saturated rings. The van der Waals surface area contributed by atoms with E-state index >= 15 is 0 Å². The molecule has 1 atom stereocenters. The average Bonchev–Trinajstić information content (AvgIpc) is 2.01. The summed E-state index contributed by atoms with van der Waals surface area (Å²) in [5.74, 6) is 0. The van der Waals surface area contributed by atoms with Crippen molar-refractivity contribution in [3.05, 3.63) is 6.42 Å². The first-order chi connectivity index (χ1) is 5.31. The SMILES string of the molecule is NCC[CH]CC(N)NCCN. The van der Waals surface area contributed by atoms with Crippen LogP contribution >= 0.6 is 0 Å². The Bertz CT molecular complexity index is 76.8. The van der Waals surface area contributed by atoms with Gasteiger partial charge in [-0.3, -0.25) is 0 Å². The summed E-state index contributed by atoms with van der Waals surface area (Å²) in [6.07, 6.45) is 3.91. The van der Waals surface area contributed by atoms with E-state index in [2.05, 4.69) is 11.7 Å². The lowest BCUT2D eigenvalue weighted by Crippen LogP contribution is -2.40. The lowest BCUT2D eigenvalue weighted by Gasteiger charge is -2.11. The summed E-state index contributed by atoms with van der Waals surface area (Å²) in [7, 11) is 0. The van der Waals surface area contributed by atoms with Crippen LogP contribution in [0.4, 0.5) is 0 Å². The van der Waals surface area contributed by atoms with Gasteiger partial charge in [-0.15, -0.1) is 0 Å². The monoisotopic (exact) mass is 159 g/mol. The maximum Gasteiger partial charge on any atom is 0.0549 e. The van der Waals surface area contributed by atoms with Crippen molar-refractivity contribution >= 4 is 0 Å². The Morgan fingerprint density at radius 3 is 2.55 bits per heavy atom. The molecule has 67 valence electrons. The Labute approximate surface area is 68.5 Å². The molecule has 0 amide bonds. The largest absolute Gasteiger partial charge is 0.330 e. The highest BCUT2D eigenvalue weighted by Crippen LogP contribution is 1.92. The molecule has 0 aromatic heterocycles. The predicted octanol–water partition coefficient (Wildman–Crippen LogP) is -1.24. The van der Waals surface area contributed by atoms with Gasteiger partial charge in [0.2, 0.25) is 0 Å². The fourth-order valence-corrected chi connectivity index (χ4v) is 0.767. The first-order valence-electron chi connectivity index (χ1n) is 4.02. The molecule has 0 saturated heterocycles. The molecule has 0 aromatic rings. The van der Waals surface area contributed by atoms with Crippen LogP contribution in [0.2, 0.25) is 0 Å². The van der Waals surface area contributed by atoms with Crippen LogP contribution < -0.4 is 22.5 Å². The zero-order valence-electron chi connectivity index (χ0n) is 6.92. The molecule has 1 unspecified atom stereocenters. The van der Waals surface area contributed by atoms with Crippen molar-refractivity contribution in [1.82, 2.24) is 5.32 Å². The van der Waals surface area contributed by atoms with E-state index in [1.54, 1.807) is 0 Å². The topological polar surface area (TPSA) is 90.1 Å². The van der Waals surface area contributed by atoms with Gasteiger partial charge < -0.3 is 22.5 Å². The van der Waals surface area contributed by atoms with E-state index in [0.717, 1.165) is 19.4 Å². The normalized spacial score (nSPS) is 13.4. The number of nitrogens with one attached hydrogen (secondary N) is 1. The minimum absolute atomic E-state index is 0.0325. The van der Waals surface area contributed by atoms with Crippen molar-refractivity contribution in [3.8, 4) is 0 Å². The molecule has 1 radical (unpaired) electrons. The molecular weight excluding hydrogens is 140 g/mol. The van der Waals surface area contributed by atoms with Crippen molar-refractivity contribution in [2.75, 3.05) is 19.6 Å². The van der Waals surface area contributed by atoms with Crippen LogP contribution in [-0.4, -0.2) is 25.8 Å². The molecule has 4 heteroatoms. The molecule has 0 heterocycles. The summed E-state index contributed by atoms with van der Waals surface area (Å²) in [5, 5.41) is 3.07. The van der Waals surface area contributed by atoms with Crippen molar-refractivity contribution < 1.29 is 0 Å². The van der Waals surface area contributed by atoms with Crippen LogP contribution in [0.5, 0.6) is 0 Å². The maximum absolute atomic E-state index is 5.66. The van der Waals surface area contributed by atoms with Crippen molar-refractivity contribution in [2.24, 2.45) is 17.2 Å². The summed E-state index contributed by atoms with van der Waals surface area (Å²) in [5.41, 5.74) is 16.2. The predicted molar refractivity (Wildman–Crippen MR) is 47.6 cm³/mol. The zero-order chi connectivity index (χ0) is 8.53. The van der Waals surface area contributed by atoms with Gasteiger partial charge in [-0.2, -0.15) is 0 Å². The van der Waals surface area contributed by atoms with Crippen LogP contribution in [0.3, 0.4) is 0 Å². The molecule has 0 aromatic carbocycles. The molecule has 0 bridgehead atoms. The molecule has 0 aliphatic carbocycles. The lowest BCUT2D eigenvalue weighted by molar-refractivity contribution is 0.521. The summed E-state index contributed by atoms with van der Waals surface area (Å²) in [4.78, 5) is 0. The second-order valence-electron chi connectivity index (χ2n) is 2.45. The summed E-state index contributed by atoms with van der Waals surface area (Å²) >= 11 is 0. The van der Waals surface area contributed by atoms with Gasteiger partial charge >= 0.3 is 0 Å². The summed E-state index contributed by atoms with van der Waals surface area (Å²) in [6.45, 7) is 2.10. The van der Waals surface area contributed by atoms with E-state index in [-0.39, 0.29) is 6.17 Å². The fourth-order valence-electron chi connectivity index (χ4n) is 0.767. The first kappa shape index (κ1) is 10.8. The van der Waals surface area contributed by atoms with Crippen molar-refractivity contribution in [1.29, 1.82) is 0 Å². The third kappa shape index (κ3) is 7.74. The molecular formula is C7H19N4. The number of nitrogens with two attached hydrogens (primary N) is 3. The highest BCUT2D eigenvalue weighted by Gasteiger charge is 1.98. The summed E-state index contributed by atoms with van der Waals surface area (Å²) in [6, 6.07) is 0. The third-order valence-electron chi connectivity index (χ3n) is 1.34. The van der Waals surface area contributed by atoms with Crippen molar-refractivity contribution in [2.45, 2.75) is 19.0 Å². The van der Waals surface area contributed by atoms with Gasteiger partial charge in [0.1, 0.15) is 0 Å². The van der Waals surface area contributed by atoms with Gasteiger partial charge in [0.15, 0.2) is 0 Å². The van der Waals surface area contributed by atoms with Crippen LogP contribution in [0, 0.1) is 6.42 Å². The smallest absolute Gasteiger partial charge is 0.0549 e. The molecule has 7 N–H and O–H groups in total. The van der Waals surface area contributed by atoms with Crippen molar-refractivity contribution in [3.63, 3.8) is 0 Å². The maximum atomic E-state index is 5.66. The molecule has 0 rings (SSSR count). The number of hydrogen-bond acceptors (Lipinski definition) is 4. The van der Waals surface area contributed by atoms with Crippen LogP contribution in [0.15, 0.2) is 0 Å². The van der Waals surface area contributed by atoms with Crippen LogP contribution in [0.25, 0.3) is 0 Å². The highest BCUT2D eigenvalue weighted by molar-refractivity contribution is 4.71. The number of hydrogen-bond donors (Lipinski definition) is 4. The second-order valence-corrected chi connectivity index (χ2v) is 2.45. The Kier molecular flexibility index (Phi) is 7.83. The minimum Gasteiger partial charge on any atom is -0.330 e. The third-order valence-corrected chi connectivity index (χ3v) is 1.34. The summed E-state index contributed by atoms with van der Waals surface area (Å²) < 4.78 is 0. The Morgan fingerprint density at radius 1 is 1.27 bits per heavy atom. The number of unbranched alkanes of at least 4 members (excludes halogenated alkanes) is 1. The van der Waals surface area contributed by atoms with Crippen LogP contribution in [-0.2, 0) is 0 Å². The average molecular weight is 159 g/mol.